The van der Waals surface area contributed by atoms with Gasteiger partial charge in [0, 0.05) is 11.1 Å². The molecule has 0 spiro atoms. The van der Waals surface area contributed by atoms with Crippen molar-refractivity contribution in [3.8, 4) is 5.75 Å². The van der Waals surface area contributed by atoms with Gasteiger partial charge in [0.25, 0.3) is 5.91 Å². The molecule has 0 bridgehead atoms. The number of aromatic hydroxyl groups is 1. The maximum absolute atomic E-state index is 12.2. The van der Waals surface area contributed by atoms with Crippen molar-refractivity contribution in [3.63, 3.8) is 0 Å². The van der Waals surface area contributed by atoms with Crippen molar-refractivity contribution in [3.05, 3.63) is 70.3 Å². The van der Waals surface area contributed by atoms with Gasteiger partial charge in [-0.15, -0.1) is 0 Å². The molecule has 0 fully saturated rings. The van der Waals surface area contributed by atoms with E-state index in [9.17, 15) is 9.90 Å². The number of hydrogen-bond acceptors (Lipinski definition) is 3. The molecule has 23 heavy (non-hydrogen) atoms. The van der Waals surface area contributed by atoms with Gasteiger partial charge in [0.05, 0.1) is 5.70 Å². The lowest BCUT2D eigenvalue weighted by Crippen LogP contribution is -2.36. The number of carbonyl (C=O) groups is 1. The van der Waals surface area contributed by atoms with Crippen LogP contribution in [-0.4, -0.2) is 11.0 Å². The van der Waals surface area contributed by atoms with Crippen LogP contribution in [0.15, 0.2) is 42.5 Å². The third-order valence-electron chi connectivity index (χ3n) is 4.09. The number of phenolic OH excluding ortho intramolecular Hbond substituents is 1. The number of hydrazine groups is 1. The molecule has 4 heteroatoms. The van der Waals surface area contributed by atoms with E-state index < -0.39 is 0 Å². The van der Waals surface area contributed by atoms with E-state index in [0.717, 1.165) is 24.1 Å². The van der Waals surface area contributed by atoms with Crippen LogP contribution in [0.3, 0.4) is 0 Å². The van der Waals surface area contributed by atoms with Crippen LogP contribution in [0, 0.1) is 13.8 Å². The first-order valence-electron chi connectivity index (χ1n) is 7.70. The quantitative estimate of drug-likeness (QED) is 0.763. The Morgan fingerprint density at radius 3 is 2.61 bits per heavy atom. The van der Waals surface area contributed by atoms with Gasteiger partial charge in [-0.2, -0.15) is 0 Å². The summed E-state index contributed by atoms with van der Waals surface area (Å²) in [5.74, 6) is -0.0909. The highest BCUT2D eigenvalue weighted by molar-refractivity contribution is 5.94. The number of nitrogens with one attached hydrogen (secondary N) is 2. The van der Waals surface area contributed by atoms with Gasteiger partial charge in [0.15, 0.2) is 0 Å². The van der Waals surface area contributed by atoms with Crippen molar-refractivity contribution in [2.24, 2.45) is 0 Å². The average Bonchev–Trinajstić information content (AvgIpc) is 2.53. The molecule has 4 nitrogen and oxygen atoms in total. The van der Waals surface area contributed by atoms with Crippen LogP contribution in [0.25, 0.3) is 5.70 Å². The zero-order valence-corrected chi connectivity index (χ0v) is 13.3. The molecule has 2 aromatic carbocycles. The summed E-state index contributed by atoms with van der Waals surface area (Å²) in [6.45, 7) is 4.21. The first-order chi connectivity index (χ1) is 11.0. The number of benzene rings is 2. The Morgan fingerprint density at radius 2 is 1.87 bits per heavy atom. The zero-order chi connectivity index (χ0) is 16.4. The third-order valence-corrected chi connectivity index (χ3v) is 4.09. The molecule has 3 rings (SSSR count). The summed E-state index contributed by atoms with van der Waals surface area (Å²) < 4.78 is 0. The lowest BCUT2D eigenvalue weighted by molar-refractivity contribution is 0.0942. The van der Waals surface area contributed by atoms with Crippen molar-refractivity contribution >= 4 is 11.6 Å². The Hall–Kier alpha value is -2.75. The maximum Gasteiger partial charge on any atom is 0.269 e. The van der Waals surface area contributed by atoms with Crippen molar-refractivity contribution in [2.75, 3.05) is 0 Å². The Bertz CT molecular complexity index is 777. The summed E-state index contributed by atoms with van der Waals surface area (Å²) in [6.07, 6.45) is 4.09. The molecular weight excluding hydrogens is 288 g/mol. The van der Waals surface area contributed by atoms with Gasteiger partial charge in [-0.1, -0.05) is 17.7 Å². The van der Waals surface area contributed by atoms with Gasteiger partial charge < -0.3 is 5.11 Å². The Morgan fingerprint density at radius 1 is 1.13 bits per heavy atom. The summed E-state index contributed by atoms with van der Waals surface area (Å²) in [5.41, 5.74) is 12.2. The number of amides is 1. The zero-order valence-electron chi connectivity index (χ0n) is 13.3. The molecule has 0 aromatic heterocycles. The molecule has 1 aliphatic carbocycles. The Kier molecular flexibility index (Phi) is 4.06. The van der Waals surface area contributed by atoms with Gasteiger partial charge in [0.1, 0.15) is 5.75 Å². The minimum Gasteiger partial charge on any atom is -0.508 e. The number of rotatable bonds is 3. The van der Waals surface area contributed by atoms with Crippen LogP contribution in [0.2, 0.25) is 0 Å². The fourth-order valence-corrected chi connectivity index (χ4v) is 2.97. The molecule has 1 aliphatic rings. The average molecular weight is 308 g/mol. The lowest BCUT2D eigenvalue weighted by atomic mass is 9.89. The van der Waals surface area contributed by atoms with E-state index in [-0.39, 0.29) is 11.7 Å². The highest BCUT2D eigenvalue weighted by atomic mass is 16.3. The van der Waals surface area contributed by atoms with Gasteiger partial charge in [-0.05, 0) is 68.1 Å². The van der Waals surface area contributed by atoms with Crippen LogP contribution in [0.1, 0.15) is 39.0 Å². The second-order valence-electron chi connectivity index (χ2n) is 5.89. The van der Waals surface area contributed by atoms with Crippen LogP contribution in [0.5, 0.6) is 5.75 Å². The molecule has 118 valence electrons. The van der Waals surface area contributed by atoms with Gasteiger partial charge >= 0.3 is 0 Å². The van der Waals surface area contributed by atoms with Crippen molar-refractivity contribution in [1.82, 2.24) is 10.9 Å². The first-order valence-corrected chi connectivity index (χ1v) is 7.70. The molecule has 0 saturated carbocycles. The van der Waals surface area contributed by atoms with E-state index in [1.807, 2.05) is 0 Å². The van der Waals surface area contributed by atoms with Crippen LogP contribution in [-0.2, 0) is 6.42 Å². The summed E-state index contributed by atoms with van der Waals surface area (Å²) in [4.78, 5) is 12.2. The largest absolute Gasteiger partial charge is 0.508 e. The van der Waals surface area contributed by atoms with E-state index in [0.29, 0.717) is 5.56 Å². The Balaban J connectivity index is 1.76. The predicted molar refractivity (Wildman–Crippen MR) is 90.9 cm³/mol. The monoisotopic (exact) mass is 308 g/mol. The molecule has 1 amide bonds. The molecule has 0 unspecified atom stereocenters. The smallest absolute Gasteiger partial charge is 0.269 e. The molecule has 3 N–H and O–H groups in total. The number of hydrogen-bond donors (Lipinski definition) is 3. The topological polar surface area (TPSA) is 61.4 Å². The SMILES string of the molecule is Cc1cc(C)c2c(c1)C(NNC(=O)c1ccc(O)cc1)=CCC2. The van der Waals surface area contributed by atoms with E-state index in [4.69, 9.17) is 0 Å². The van der Waals surface area contributed by atoms with Crippen molar-refractivity contribution in [2.45, 2.75) is 26.7 Å². The van der Waals surface area contributed by atoms with Gasteiger partial charge in [-0.25, -0.2) is 0 Å². The molecule has 0 aliphatic heterocycles. The van der Waals surface area contributed by atoms with Crippen LogP contribution >= 0.6 is 0 Å². The van der Waals surface area contributed by atoms with Gasteiger partial charge in [0.2, 0.25) is 0 Å². The highest BCUT2D eigenvalue weighted by Gasteiger charge is 2.16. The van der Waals surface area contributed by atoms with E-state index in [1.165, 1.54) is 28.8 Å². The minimum absolute atomic E-state index is 0.143. The fraction of sp³-hybridized carbons (Fsp3) is 0.211. The fourth-order valence-electron chi connectivity index (χ4n) is 2.97. The third kappa shape index (κ3) is 3.21. The van der Waals surface area contributed by atoms with E-state index in [2.05, 4.69) is 42.9 Å². The molecule has 2 aromatic rings. The summed E-state index contributed by atoms with van der Waals surface area (Å²) in [6, 6.07) is 10.5. The highest BCUT2D eigenvalue weighted by Crippen LogP contribution is 2.28. The van der Waals surface area contributed by atoms with Gasteiger partial charge in [-0.3, -0.25) is 15.6 Å². The summed E-state index contributed by atoms with van der Waals surface area (Å²) in [5, 5.41) is 9.28. The van der Waals surface area contributed by atoms with E-state index in [1.54, 1.807) is 12.1 Å². The number of carbonyl (C=O) groups excluding carboxylic acids is 1. The number of phenols is 1. The molecule has 0 heterocycles. The minimum atomic E-state index is -0.234. The van der Waals surface area contributed by atoms with Crippen molar-refractivity contribution in [1.29, 1.82) is 0 Å². The second kappa shape index (κ2) is 6.16. The first kappa shape index (κ1) is 15.2. The standard InChI is InChI=1S/C19H20N2O2/c1-12-10-13(2)16-4-3-5-18(17(16)11-12)20-21-19(23)14-6-8-15(22)9-7-14/h5-11,20,22H,3-4H2,1-2H3,(H,21,23). The second-order valence-corrected chi connectivity index (χ2v) is 5.89. The molecule has 0 radical (unpaired) electrons. The molecular formula is C19H20N2O2. The number of aryl methyl sites for hydroxylation is 2. The predicted octanol–water partition coefficient (Wildman–Crippen LogP) is 3.23. The number of allylic oxidation sites excluding steroid dienone is 1. The van der Waals surface area contributed by atoms with Crippen molar-refractivity contribution < 1.29 is 9.90 Å². The summed E-state index contributed by atoms with van der Waals surface area (Å²) >= 11 is 0. The lowest BCUT2D eigenvalue weighted by Gasteiger charge is -2.22. The van der Waals surface area contributed by atoms with Crippen LogP contribution in [0.4, 0.5) is 0 Å². The normalized spacial score (nSPS) is 13.0. The maximum atomic E-state index is 12.2. The molecule has 0 atom stereocenters. The summed E-state index contributed by atoms with van der Waals surface area (Å²) in [7, 11) is 0. The molecule has 0 saturated heterocycles. The number of fused-ring (bicyclic) bond motifs is 1. The Labute approximate surface area is 135 Å². The van der Waals surface area contributed by atoms with E-state index >= 15 is 0 Å². The van der Waals surface area contributed by atoms with Crippen LogP contribution < -0.4 is 10.9 Å².